The van der Waals surface area contributed by atoms with Gasteiger partial charge in [-0.05, 0) is 24.3 Å². The minimum Gasteiger partial charge on any atom is -0.376 e. The number of hydrogen-bond acceptors (Lipinski definition) is 4. The minimum absolute atomic E-state index is 0.215. The lowest BCUT2D eigenvalue weighted by molar-refractivity contribution is -0.147. The summed E-state index contributed by atoms with van der Waals surface area (Å²) in [6, 6.07) is 19.3. The zero-order valence-electron chi connectivity index (χ0n) is 12.1. The highest BCUT2D eigenvalue weighted by Gasteiger charge is 2.24. The number of carbonyl (C=O) groups is 1. The van der Waals surface area contributed by atoms with Crippen LogP contribution in [0.25, 0.3) is 0 Å². The monoisotopic (exact) mass is 298 g/mol. The number of benzene rings is 2. The Labute approximate surface area is 129 Å². The number of hydrogen-bond donors (Lipinski definition) is 1. The molecule has 0 saturated carbocycles. The number of para-hydroxylation sites is 2. The summed E-state index contributed by atoms with van der Waals surface area (Å²) < 4.78 is 10.7. The van der Waals surface area contributed by atoms with Crippen molar-refractivity contribution >= 4 is 17.3 Å². The summed E-state index contributed by atoms with van der Waals surface area (Å²) in [5.74, 6) is -0.215. The van der Waals surface area contributed by atoms with E-state index in [1.54, 1.807) is 5.01 Å². The molecule has 2 aromatic carbocycles. The second-order valence-electron chi connectivity index (χ2n) is 4.92. The van der Waals surface area contributed by atoms with Crippen molar-refractivity contribution in [1.82, 2.24) is 5.43 Å². The Hall–Kier alpha value is -2.37. The molecule has 22 heavy (non-hydrogen) atoms. The van der Waals surface area contributed by atoms with Gasteiger partial charge in [-0.15, -0.1) is 0 Å². The van der Waals surface area contributed by atoms with Gasteiger partial charge in [0, 0.05) is 0 Å². The first-order chi connectivity index (χ1) is 10.8. The predicted molar refractivity (Wildman–Crippen MR) is 83.7 cm³/mol. The van der Waals surface area contributed by atoms with Crippen molar-refractivity contribution in [2.24, 2.45) is 0 Å². The summed E-state index contributed by atoms with van der Waals surface area (Å²) >= 11 is 0. The minimum atomic E-state index is -0.580. The van der Waals surface area contributed by atoms with Gasteiger partial charge >= 0.3 is 0 Å². The van der Waals surface area contributed by atoms with Gasteiger partial charge in [0.15, 0.2) is 6.10 Å². The summed E-state index contributed by atoms with van der Waals surface area (Å²) in [6.45, 7) is 1.25. The maximum Gasteiger partial charge on any atom is 0.270 e. The Kier molecular flexibility index (Phi) is 4.68. The van der Waals surface area contributed by atoms with Gasteiger partial charge in [-0.1, -0.05) is 36.4 Å². The van der Waals surface area contributed by atoms with Crippen LogP contribution in [0.2, 0.25) is 0 Å². The highest BCUT2D eigenvalue weighted by Crippen LogP contribution is 2.22. The van der Waals surface area contributed by atoms with Gasteiger partial charge in [-0.25, -0.2) is 0 Å². The van der Waals surface area contributed by atoms with E-state index >= 15 is 0 Å². The van der Waals surface area contributed by atoms with E-state index in [0.29, 0.717) is 13.2 Å². The second-order valence-corrected chi connectivity index (χ2v) is 4.92. The number of ether oxygens (including phenoxy) is 2. The number of nitrogens with zero attached hydrogens (tertiary/aromatic N) is 1. The average molecular weight is 298 g/mol. The van der Waals surface area contributed by atoms with Crippen molar-refractivity contribution in [3.8, 4) is 0 Å². The Morgan fingerprint density at radius 1 is 0.955 bits per heavy atom. The van der Waals surface area contributed by atoms with E-state index in [-0.39, 0.29) is 12.5 Å². The standard InChI is InChI=1S/C17H18N2O3/c20-17(16-13-21-11-12-22-16)18-19(14-7-3-1-4-8-14)15-9-5-2-6-10-15/h1-10,16H,11-13H2,(H,18,20)/t16-/m0/s1. The highest BCUT2D eigenvalue weighted by atomic mass is 16.6. The average Bonchev–Trinajstić information content (AvgIpc) is 2.62. The van der Waals surface area contributed by atoms with Crippen molar-refractivity contribution in [3.63, 3.8) is 0 Å². The fourth-order valence-corrected chi connectivity index (χ4v) is 2.25. The third-order valence-corrected chi connectivity index (χ3v) is 3.36. The number of anilines is 2. The van der Waals surface area contributed by atoms with Crippen LogP contribution in [0.4, 0.5) is 11.4 Å². The number of hydrazine groups is 1. The molecule has 1 heterocycles. The molecule has 3 rings (SSSR count). The molecule has 1 N–H and O–H groups in total. The molecule has 5 heteroatoms. The third kappa shape index (κ3) is 3.44. The molecule has 5 nitrogen and oxygen atoms in total. The first-order valence-corrected chi connectivity index (χ1v) is 7.24. The van der Waals surface area contributed by atoms with Gasteiger partial charge in [-0.3, -0.25) is 15.2 Å². The number of rotatable bonds is 4. The fourth-order valence-electron chi connectivity index (χ4n) is 2.25. The lowest BCUT2D eigenvalue weighted by atomic mass is 10.2. The highest BCUT2D eigenvalue weighted by molar-refractivity contribution is 5.84. The van der Waals surface area contributed by atoms with E-state index in [9.17, 15) is 4.79 Å². The quantitative estimate of drug-likeness (QED) is 0.880. The van der Waals surface area contributed by atoms with Crippen LogP contribution in [0.15, 0.2) is 60.7 Å². The third-order valence-electron chi connectivity index (χ3n) is 3.36. The van der Waals surface area contributed by atoms with Crippen LogP contribution in [-0.2, 0) is 14.3 Å². The largest absolute Gasteiger partial charge is 0.376 e. The molecule has 1 aliphatic heterocycles. The van der Waals surface area contributed by atoms with E-state index in [1.165, 1.54) is 0 Å². The van der Waals surface area contributed by atoms with Crippen molar-refractivity contribution < 1.29 is 14.3 Å². The van der Waals surface area contributed by atoms with Crippen molar-refractivity contribution in [1.29, 1.82) is 0 Å². The SMILES string of the molecule is O=C(NN(c1ccccc1)c1ccccc1)[C@@H]1COCCO1. The van der Waals surface area contributed by atoms with Crippen LogP contribution in [0.1, 0.15) is 0 Å². The molecule has 1 saturated heterocycles. The Balaban J connectivity index is 1.81. The summed E-state index contributed by atoms with van der Waals surface area (Å²) in [4.78, 5) is 12.4. The Morgan fingerprint density at radius 2 is 1.55 bits per heavy atom. The smallest absolute Gasteiger partial charge is 0.270 e. The molecular formula is C17H18N2O3. The first-order valence-electron chi connectivity index (χ1n) is 7.24. The Bertz CT molecular complexity index is 558. The van der Waals surface area contributed by atoms with Crippen molar-refractivity contribution in [2.45, 2.75) is 6.10 Å². The molecule has 1 aliphatic rings. The van der Waals surface area contributed by atoms with Crippen LogP contribution in [0.3, 0.4) is 0 Å². The molecule has 1 amide bonds. The van der Waals surface area contributed by atoms with Gasteiger partial charge in [-0.2, -0.15) is 0 Å². The molecular weight excluding hydrogens is 280 g/mol. The van der Waals surface area contributed by atoms with E-state index in [1.807, 2.05) is 60.7 Å². The van der Waals surface area contributed by atoms with Crippen molar-refractivity contribution in [2.75, 3.05) is 24.8 Å². The molecule has 0 aliphatic carbocycles. The number of nitrogens with one attached hydrogen (secondary N) is 1. The molecule has 114 valence electrons. The molecule has 1 fully saturated rings. The lowest BCUT2D eigenvalue weighted by Crippen LogP contribution is -2.48. The van der Waals surface area contributed by atoms with E-state index in [0.717, 1.165) is 11.4 Å². The number of amides is 1. The molecule has 0 aromatic heterocycles. The number of carbonyl (C=O) groups excluding carboxylic acids is 1. The fraction of sp³-hybridized carbons (Fsp3) is 0.235. The molecule has 0 spiro atoms. The Morgan fingerprint density at radius 3 is 2.05 bits per heavy atom. The molecule has 0 bridgehead atoms. The normalized spacial score (nSPS) is 17.7. The lowest BCUT2D eigenvalue weighted by Gasteiger charge is -2.29. The van der Waals surface area contributed by atoms with E-state index in [4.69, 9.17) is 9.47 Å². The molecule has 0 radical (unpaired) electrons. The zero-order valence-corrected chi connectivity index (χ0v) is 12.1. The summed E-state index contributed by atoms with van der Waals surface area (Å²) in [6.07, 6.45) is -0.580. The van der Waals surface area contributed by atoms with Gasteiger partial charge < -0.3 is 9.47 Å². The van der Waals surface area contributed by atoms with Gasteiger partial charge in [0.2, 0.25) is 0 Å². The van der Waals surface area contributed by atoms with Crippen molar-refractivity contribution in [3.05, 3.63) is 60.7 Å². The maximum absolute atomic E-state index is 12.4. The zero-order chi connectivity index (χ0) is 15.2. The summed E-state index contributed by atoms with van der Waals surface area (Å²) in [5, 5.41) is 1.75. The molecule has 2 aromatic rings. The van der Waals surface area contributed by atoms with Crippen LogP contribution < -0.4 is 10.4 Å². The predicted octanol–water partition coefficient (Wildman–Crippen LogP) is 2.27. The molecule has 1 atom stereocenters. The van der Waals surface area contributed by atoms with Crippen LogP contribution in [-0.4, -0.2) is 31.8 Å². The van der Waals surface area contributed by atoms with Gasteiger partial charge in [0.1, 0.15) is 0 Å². The van der Waals surface area contributed by atoms with Crippen LogP contribution in [0.5, 0.6) is 0 Å². The topological polar surface area (TPSA) is 50.8 Å². The maximum atomic E-state index is 12.4. The first kappa shape index (κ1) is 14.6. The van der Waals surface area contributed by atoms with Gasteiger partial charge in [0.25, 0.3) is 5.91 Å². The van der Waals surface area contributed by atoms with E-state index < -0.39 is 6.10 Å². The second kappa shape index (κ2) is 7.06. The van der Waals surface area contributed by atoms with Crippen LogP contribution >= 0.6 is 0 Å². The summed E-state index contributed by atoms with van der Waals surface area (Å²) in [5.41, 5.74) is 4.66. The molecule has 0 unspecified atom stereocenters. The van der Waals surface area contributed by atoms with E-state index in [2.05, 4.69) is 5.43 Å². The van der Waals surface area contributed by atoms with Crippen LogP contribution in [0, 0.1) is 0 Å². The van der Waals surface area contributed by atoms with Gasteiger partial charge in [0.05, 0.1) is 31.2 Å². The summed E-state index contributed by atoms with van der Waals surface area (Å²) in [7, 11) is 0.